The fourth-order valence-corrected chi connectivity index (χ4v) is 5.59. The van der Waals surface area contributed by atoms with Crippen LogP contribution < -0.4 is 0 Å². The highest BCUT2D eigenvalue weighted by Gasteiger charge is 2.48. The quantitative estimate of drug-likeness (QED) is 0.441. The zero-order valence-corrected chi connectivity index (χ0v) is 16.2. The number of rotatable bonds is 4. The molecule has 0 bridgehead atoms. The van der Waals surface area contributed by atoms with E-state index in [0.29, 0.717) is 11.8 Å². The van der Waals surface area contributed by atoms with Gasteiger partial charge >= 0.3 is 0 Å². The van der Waals surface area contributed by atoms with E-state index in [4.69, 9.17) is 0 Å². The molecule has 5 rings (SSSR count). The molecule has 2 atom stereocenters. The molecule has 1 saturated carbocycles. The largest absolute Gasteiger partial charge is 0.0839 e. The monoisotopic (exact) mass is 362 g/mol. The first-order chi connectivity index (χ1) is 13.9. The van der Waals surface area contributed by atoms with Crippen LogP contribution in [0.5, 0.6) is 0 Å². The summed E-state index contributed by atoms with van der Waals surface area (Å²) < 4.78 is 0. The van der Waals surface area contributed by atoms with Gasteiger partial charge in [0, 0.05) is 0 Å². The summed E-state index contributed by atoms with van der Waals surface area (Å²) in [6.45, 7) is 0. The van der Waals surface area contributed by atoms with E-state index in [9.17, 15) is 0 Å². The van der Waals surface area contributed by atoms with Crippen LogP contribution in [0.4, 0.5) is 0 Å². The van der Waals surface area contributed by atoms with Gasteiger partial charge in [-0.25, -0.2) is 0 Å². The van der Waals surface area contributed by atoms with Gasteiger partial charge in [-0.1, -0.05) is 115 Å². The van der Waals surface area contributed by atoms with Gasteiger partial charge in [0.15, 0.2) is 0 Å². The van der Waals surface area contributed by atoms with E-state index in [2.05, 4.69) is 109 Å². The van der Waals surface area contributed by atoms with Crippen LogP contribution in [0.2, 0.25) is 0 Å². The Labute approximate surface area is 168 Å². The first kappa shape index (κ1) is 17.3. The van der Waals surface area contributed by atoms with Crippen molar-refractivity contribution in [2.75, 3.05) is 0 Å². The minimum atomic E-state index is -0.157. The van der Waals surface area contributed by atoms with Crippen LogP contribution in [0, 0.1) is 11.8 Å². The predicted octanol–water partition coefficient (Wildman–Crippen LogP) is 6.93. The average molecular weight is 363 g/mol. The highest BCUT2D eigenvalue weighted by molar-refractivity contribution is 5.54. The minimum absolute atomic E-state index is 0.157. The summed E-state index contributed by atoms with van der Waals surface area (Å²) in [7, 11) is 0. The van der Waals surface area contributed by atoms with E-state index >= 15 is 0 Å². The van der Waals surface area contributed by atoms with Gasteiger partial charge in [0.2, 0.25) is 0 Å². The van der Waals surface area contributed by atoms with Crippen molar-refractivity contribution in [1.29, 1.82) is 0 Å². The molecule has 0 nitrogen and oxygen atoms in total. The number of hydrogen-bond acceptors (Lipinski definition) is 0. The summed E-state index contributed by atoms with van der Waals surface area (Å²) in [6, 6.07) is 33.5. The molecule has 1 fully saturated rings. The third-order valence-electron chi connectivity index (χ3n) is 6.73. The molecule has 0 aromatic heterocycles. The maximum absolute atomic E-state index is 2.41. The fraction of sp³-hybridized carbons (Fsp3) is 0.214. The molecule has 0 saturated heterocycles. The summed E-state index contributed by atoms with van der Waals surface area (Å²) in [5.74, 6) is 1.18. The second-order valence-corrected chi connectivity index (χ2v) is 8.06. The second-order valence-electron chi connectivity index (χ2n) is 8.06. The van der Waals surface area contributed by atoms with Gasteiger partial charge in [-0.05, 0) is 47.8 Å². The molecule has 0 aliphatic heterocycles. The first-order valence-electron chi connectivity index (χ1n) is 10.4. The molecule has 2 aliphatic rings. The Morgan fingerprint density at radius 1 is 0.607 bits per heavy atom. The molecular weight excluding hydrogens is 336 g/mol. The van der Waals surface area contributed by atoms with Crippen molar-refractivity contribution in [1.82, 2.24) is 0 Å². The number of allylic oxidation sites excluding steroid dienone is 4. The van der Waals surface area contributed by atoms with E-state index in [1.807, 2.05) is 0 Å². The average Bonchev–Trinajstić information content (AvgIpc) is 3.21. The predicted molar refractivity (Wildman–Crippen MR) is 117 cm³/mol. The van der Waals surface area contributed by atoms with Crippen molar-refractivity contribution in [2.45, 2.75) is 24.7 Å². The van der Waals surface area contributed by atoms with E-state index in [-0.39, 0.29) is 5.41 Å². The van der Waals surface area contributed by atoms with Crippen LogP contribution in [-0.4, -0.2) is 0 Å². The topological polar surface area (TPSA) is 0 Å². The molecule has 0 amide bonds. The summed E-state index contributed by atoms with van der Waals surface area (Å²) in [4.78, 5) is 0. The molecule has 28 heavy (non-hydrogen) atoms. The molecule has 2 aliphatic carbocycles. The fourth-order valence-electron chi connectivity index (χ4n) is 5.59. The lowest BCUT2D eigenvalue weighted by molar-refractivity contribution is 0.433. The lowest BCUT2D eigenvalue weighted by Crippen LogP contribution is -2.38. The van der Waals surface area contributed by atoms with Crippen LogP contribution in [0.15, 0.2) is 115 Å². The van der Waals surface area contributed by atoms with E-state index in [0.717, 1.165) is 0 Å². The third kappa shape index (κ3) is 2.67. The van der Waals surface area contributed by atoms with Crippen molar-refractivity contribution < 1.29 is 0 Å². The van der Waals surface area contributed by atoms with Gasteiger partial charge in [-0.3, -0.25) is 0 Å². The van der Waals surface area contributed by atoms with Crippen molar-refractivity contribution in [2.24, 2.45) is 11.8 Å². The van der Waals surface area contributed by atoms with Gasteiger partial charge in [-0.2, -0.15) is 0 Å². The van der Waals surface area contributed by atoms with Gasteiger partial charge in [0.05, 0.1) is 5.41 Å². The van der Waals surface area contributed by atoms with Gasteiger partial charge in [0.25, 0.3) is 0 Å². The molecule has 3 aromatic rings. The Balaban J connectivity index is 1.83. The summed E-state index contributed by atoms with van der Waals surface area (Å²) in [5.41, 5.74) is 5.67. The maximum atomic E-state index is 2.41. The van der Waals surface area contributed by atoms with E-state index in [1.165, 1.54) is 36.0 Å². The van der Waals surface area contributed by atoms with Gasteiger partial charge in [-0.15, -0.1) is 0 Å². The highest BCUT2D eigenvalue weighted by Crippen LogP contribution is 2.55. The molecule has 3 aromatic carbocycles. The Morgan fingerprint density at radius 2 is 1.11 bits per heavy atom. The zero-order valence-electron chi connectivity index (χ0n) is 16.2. The van der Waals surface area contributed by atoms with Crippen LogP contribution >= 0.6 is 0 Å². The van der Waals surface area contributed by atoms with Crippen molar-refractivity contribution in [3.8, 4) is 0 Å². The summed E-state index contributed by atoms with van der Waals surface area (Å²) in [5, 5.41) is 0. The number of fused-ring (bicyclic) bond motifs is 1. The summed E-state index contributed by atoms with van der Waals surface area (Å²) in [6.07, 6.45) is 10.7. The standard InChI is InChI=1S/C28H26/c1-4-13-23(14-5-1)28(24-15-6-2-7-16-24,25-17-8-3-9-18-25)27-21-20-22-12-10-11-19-26(22)27/h1-11,13-19,22,27H,12,20-21H2. The third-order valence-corrected chi connectivity index (χ3v) is 6.73. The molecule has 0 radical (unpaired) electrons. The van der Waals surface area contributed by atoms with Crippen molar-refractivity contribution in [3.05, 3.63) is 131 Å². The zero-order chi connectivity index (χ0) is 18.8. The molecule has 0 heterocycles. The SMILES string of the molecule is C1=CCC2CCC(C(c3ccccc3)(c3ccccc3)c3ccccc3)C2=C1. The Kier molecular flexibility index (Phi) is 4.49. The van der Waals surface area contributed by atoms with Crippen LogP contribution in [-0.2, 0) is 5.41 Å². The number of hydrogen-bond donors (Lipinski definition) is 0. The van der Waals surface area contributed by atoms with E-state index in [1.54, 1.807) is 5.57 Å². The Hall–Kier alpha value is -2.86. The van der Waals surface area contributed by atoms with Crippen LogP contribution in [0.1, 0.15) is 36.0 Å². The van der Waals surface area contributed by atoms with Gasteiger partial charge in [0.1, 0.15) is 0 Å². The van der Waals surface area contributed by atoms with Crippen molar-refractivity contribution >= 4 is 0 Å². The molecule has 0 N–H and O–H groups in total. The first-order valence-corrected chi connectivity index (χ1v) is 10.4. The summed E-state index contributed by atoms with van der Waals surface area (Å²) >= 11 is 0. The minimum Gasteiger partial charge on any atom is -0.0839 e. The normalized spacial score (nSPS) is 21.2. The van der Waals surface area contributed by atoms with Crippen LogP contribution in [0.3, 0.4) is 0 Å². The molecule has 138 valence electrons. The molecule has 0 spiro atoms. The van der Waals surface area contributed by atoms with Gasteiger partial charge < -0.3 is 0 Å². The van der Waals surface area contributed by atoms with Crippen LogP contribution in [0.25, 0.3) is 0 Å². The van der Waals surface area contributed by atoms with Crippen molar-refractivity contribution in [3.63, 3.8) is 0 Å². The lowest BCUT2D eigenvalue weighted by atomic mass is 9.59. The second kappa shape index (κ2) is 7.28. The molecular formula is C28H26. The smallest absolute Gasteiger partial charge is 0.0516 e. The number of benzene rings is 3. The maximum Gasteiger partial charge on any atom is 0.0516 e. The lowest BCUT2D eigenvalue weighted by Gasteiger charge is -2.42. The van der Waals surface area contributed by atoms with E-state index < -0.39 is 0 Å². The Bertz CT molecular complexity index is 883. The molecule has 0 heteroatoms. The Morgan fingerprint density at radius 3 is 1.61 bits per heavy atom. The molecule has 2 unspecified atom stereocenters. The highest BCUT2D eigenvalue weighted by atomic mass is 14.5.